The van der Waals surface area contributed by atoms with Gasteiger partial charge in [0.05, 0.1) is 28.6 Å². The molecule has 1 aliphatic carbocycles. The summed E-state index contributed by atoms with van der Waals surface area (Å²) >= 11 is 0. The maximum atomic E-state index is 15.6. The van der Waals surface area contributed by atoms with Crippen molar-refractivity contribution in [3.63, 3.8) is 0 Å². The van der Waals surface area contributed by atoms with Gasteiger partial charge in [0.25, 0.3) is 11.8 Å². The summed E-state index contributed by atoms with van der Waals surface area (Å²) < 4.78 is 44.0. The smallest absolute Gasteiger partial charge is 0.274 e. The minimum atomic E-state index is -2.81. The first-order valence-corrected chi connectivity index (χ1v) is 11.4. The molecular formula is C24H26F3N5O2. The van der Waals surface area contributed by atoms with Gasteiger partial charge in [0.2, 0.25) is 0 Å². The normalized spacial score (nSPS) is 20.5. The van der Waals surface area contributed by atoms with Gasteiger partial charge in [-0.25, -0.2) is 23.1 Å². The zero-order chi connectivity index (χ0) is 24.3. The molecule has 4 heterocycles. The van der Waals surface area contributed by atoms with E-state index >= 15 is 4.39 Å². The molecule has 180 valence electrons. The van der Waals surface area contributed by atoms with Gasteiger partial charge in [-0.1, -0.05) is 6.07 Å². The van der Waals surface area contributed by atoms with Crippen molar-refractivity contribution in [2.75, 3.05) is 18.4 Å². The third-order valence-electron chi connectivity index (χ3n) is 6.51. The van der Waals surface area contributed by atoms with E-state index in [1.807, 2.05) is 0 Å². The molecule has 2 aliphatic rings. The Balaban J connectivity index is 1.50. The SMILES string of the molecule is CC(C)(O)c1c(NC(=O)c2cccc([C@@H]3CC3(F)F)n2)cn2cc(C3CCNCC3)nc2c1F. The number of halogens is 3. The van der Waals surface area contributed by atoms with Crippen LogP contribution in [-0.2, 0) is 5.60 Å². The number of fused-ring (bicyclic) bond motifs is 1. The van der Waals surface area contributed by atoms with Crippen LogP contribution in [0, 0.1) is 5.82 Å². The van der Waals surface area contributed by atoms with Gasteiger partial charge in [0.15, 0.2) is 11.5 Å². The number of alkyl halides is 2. The molecule has 7 nitrogen and oxygen atoms in total. The van der Waals surface area contributed by atoms with E-state index in [-0.39, 0.29) is 40.6 Å². The Hall–Kier alpha value is -2.98. The highest BCUT2D eigenvalue weighted by Crippen LogP contribution is 2.55. The molecule has 0 unspecified atom stereocenters. The Morgan fingerprint density at radius 2 is 1.91 bits per heavy atom. The quantitative estimate of drug-likeness (QED) is 0.522. The fourth-order valence-corrected chi connectivity index (χ4v) is 4.61. The molecule has 1 saturated heterocycles. The van der Waals surface area contributed by atoms with Gasteiger partial charge in [0, 0.05) is 30.3 Å². The second-order valence-electron chi connectivity index (χ2n) is 9.63. The molecule has 0 spiro atoms. The van der Waals surface area contributed by atoms with Crippen molar-refractivity contribution in [1.82, 2.24) is 19.7 Å². The Bertz CT molecular complexity index is 1260. The number of anilines is 1. The number of pyridine rings is 2. The number of piperidine rings is 1. The maximum Gasteiger partial charge on any atom is 0.274 e. The number of imidazole rings is 1. The van der Waals surface area contributed by atoms with Crippen molar-refractivity contribution < 1.29 is 23.1 Å². The minimum Gasteiger partial charge on any atom is -0.386 e. The highest BCUT2D eigenvalue weighted by molar-refractivity contribution is 6.03. The molecule has 0 bridgehead atoms. The number of amides is 1. The van der Waals surface area contributed by atoms with Gasteiger partial charge in [-0.05, 0) is 51.9 Å². The van der Waals surface area contributed by atoms with Crippen molar-refractivity contribution in [3.8, 4) is 0 Å². The minimum absolute atomic E-state index is 0.0562. The van der Waals surface area contributed by atoms with Gasteiger partial charge >= 0.3 is 0 Å². The lowest BCUT2D eigenvalue weighted by molar-refractivity contribution is 0.0753. The fourth-order valence-electron chi connectivity index (χ4n) is 4.61. The summed E-state index contributed by atoms with van der Waals surface area (Å²) in [6, 6.07) is 4.36. The molecule has 1 saturated carbocycles. The number of aromatic nitrogens is 3. The van der Waals surface area contributed by atoms with Crippen LogP contribution in [0.25, 0.3) is 5.65 Å². The lowest BCUT2D eigenvalue weighted by Crippen LogP contribution is -2.26. The molecular weight excluding hydrogens is 447 g/mol. The predicted molar refractivity (Wildman–Crippen MR) is 120 cm³/mol. The summed E-state index contributed by atoms with van der Waals surface area (Å²) in [7, 11) is 0. The number of nitrogens with zero attached hydrogens (tertiary/aromatic N) is 3. The van der Waals surface area contributed by atoms with E-state index in [1.165, 1.54) is 42.6 Å². The van der Waals surface area contributed by atoms with Crippen molar-refractivity contribution in [1.29, 1.82) is 0 Å². The van der Waals surface area contributed by atoms with E-state index in [0.717, 1.165) is 31.6 Å². The molecule has 2 fully saturated rings. The first-order chi connectivity index (χ1) is 16.0. The van der Waals surface area contributed by atoms with Crippen molar-refractivity contribution in [2.45, 2.75) is 56.5 Å². The molecule has 0 radical (unpaired) electrons. The molecule has 1 atom stereocenters. The molecule has 1 amide bonds. The number of hydrogen-bond acceptors (Lipinski definition) is 5. The largest absolute Gasteiger partial charge is 0.386 e. The number of carbonyl (C=O) groups excluding carboxylic acids is 1. The van der Waals surface area contributed by atoms with Crippen LogP contribution in [0.5, 0.6) is 0 Å². The maximum absolute atomic E-state index is 15.6. The molecule has 34 heavy (non-hydrogen) atoms. The van der Waals surface area contributed by atoms with Crippen LogP contribution < -0.4 is 10.6 Å². The van der Waals surface area contributed by atoms with Gasteiger partial charge < -0.3 is 20.1 Å². The predicted octanol–water partition coefficient (Wildman–Crippen LogP) is 3.94. The number of hydrogen-bond donors (Lipinski definition) is 3. The van der Waals surface area contributed by atoms with Crippen LogP contribution in [-0.4, -0.2) is 44.4 Å². The molecule has 3 aromatic heterocycles. The molecule has 1 aliphatic heterocycles. The third-order valence-corrected chi connectivity index (χ3v) is 6.51. The summed E-state index contributed by atoms with van der Waals surface area (Å²) in [6.45, 7) is 4.55. The summed E-state index contributed by atoms with van der Waals surface area (Å²) in [6.07, 6.45) is 4.73. The fraction of sp³-hybridized carbons (Fsp3) is 0.458. The van der Waals surface area contributed by atoms with Gasteiger partial charge in [0.1, 0.15) is 5.69 Å². The number of aliphatic hydroxyl groups is 1. The van der Waals surface area contributed by atoms with Crippen LogP contribution in [0.15, 0.2) is 30.6 Å². The monoisotopic (exact) mass is 473 g/mol. The zero-order valence-electron chi connectivity index (χ0n) is 18.9. The number of carbonyl (C=O) groups is 1. The zero-order valence-corrected chi connectivity index (χ0v) is 18.9. The molecule has 3 aromatic rings. The summed E-state index contributed by atoms with van der Waals surface area (Å²) in [5.74, 6) is -5.03. The van der Waals surface area contributed by atoms with Crippen molar-refractivity contribution >= 4 is 17.2 Å². The Labute approximate surface area is 194 Å². The summed E-state index contributed by atoms with van der Waals surface area (Å²) in [5, 5.41) is 16.6. The first kappa shape index (κ1) is 22.8. The molecule has 0 aromatic carbocycles. The van der Waals surface area contributed by atoms with Crippen molar-refractivity contribution in [2.24, 2.45) is 0 Å². The highest BCUT2D eigenvalue weighted by Gasteiger charge is 2.58. The highest BCUT2D eigenvalue weighted by atomic mass is 19.3. The molecule has 3 N–H and O–H groups in total. The van der Waals surface area contributed by atoms with Crippen molar-refractivity contribution in [3.05, 3.63) is 59.1 Å². The summed E-state index contributed by atoms with van der Waals surface area (Å²) in [5.41, 5.74) is -0.779. The second-order valence-corrected chi connectivity index (χ2v) is 9.63. The van der Waals surface area contributed by atoms with E-state index in [0.29, 0.717) is 0 Å². The molecule has 5 rings (SSSR count). The average Bonchev–Trinajstić information content (AvgIpc) is 3.22. The Morgan fingerprint density at radius 3 is 2.56 bits per heavy atom. The Kier molecular flexibility index (Phi) is 5.40. The number of rotatable bonds is 5. The lowest BCUT2D eigenvalue weighted by atomic mass is 9.95. The first-order valence-electron chi connectivity index (χ1n) is 11.4. The van der Waals surface area contributed by atoms with E-state index in [2.05, 4.69) is 20.6 Å². The third kappa shape index (κ3) is 4.16. The van der Waals surface area contributed by atoms with Crippen LogP contribution in [0.2, 0.25) is 0 Å². The molecule has 10 heteroatoms. The van der Waals surface area contributed by atoms with E-state index in [1.54, 1.807) is 6.20 Å². The van der Waals surface area contributed by atoms with Gasteiger partial charge in [-0.3, -0.25) is 4.79 Å². The summed E-state index contributed by atoms with van der Waals surface area (Å²) in [4.78, 5) is 21.5. The average molecular weight is 473 g/mol. The van der Waals surface area contributed by atoms with E-state index in [9.17, 15) is 18.7 Å². The number of nitrogens with one attached hydrogen (secondary N) is 2. The van der Waals surface area contributed by atoms with E-state index < -0.39 is 29.2 Å². The van der Waals surface area contributed by atoms with Gasteiger partial charge in [-0.15, -0.1) is 0 Å². The van der Waals surface area contributed by atoms with Crippen LogP contribution in [0.4, 0.5) is 18.9 Å². The van der Waals surface area contributed by atoms with Gasteiger partial charge in [-0.2, -0.15) is 0 Å². The van der Waals surface area contributed by atoms with Crippen LogP contribution in [0.1, 0.15) is 72.4 Å². The standard InChI is InChI=1S/C24H26F3N5O2/c1-23(2,34)19-18(31-22(33)16-5-3-4-15(29-16)14-10-24(14,26)27)12-32-11-17(30-21(32)20(19)25)13-6-8-28-9-7-13/h3-5,11-14,28,34H,6-10H2,1-2H3,(H,31,33)/t14-/m0/s1. The van der Waals surface area contributed by atoms with E-state index in [4.69, 9.17) is 0 Å². The van der Waals surface area contributed by atoms with Crippen LogP contribution >= 0.6 is 0 Å². The van der Waals surface area contributed by atoms with Crippen LogP contribution in [0.3, 0.4) is 0 Å². The topological polar surface area (TPSA) is 91.5 Å². The lowest BCUT2D eigenvalue weighted by Gasteiger charge is -2.23. The Morgan fingerprint density at radius 1 is 1.21 bits per heavy atom. The second kappa shape index (κ2) is 8.06.